The monoisotopic (exact) mass is 442 g/mol. The Morgan fingerprint density at radius 2 is 1.84 bits per heavy atom. The highest BCUT2D eigenvalue weighted by atomic mass is 16.4. The van der Waals surface area contributed by atoms with Crippen LogP contribution in [-0.4, -0.2) is 70.3 Å². The van der Waals surface area contributed by atoms with Gasteiger partial charge in [0.15, 0.2) is 0 Å². The number of anilines is 1. The van der Waals surface area contributed by atoms with E-state index in [0.717, 1.165) is 30.6 Å². The molecule has 32 heavy (non-hydrogen) atoms. The molecule has 1 saturated carbocycles. The van der Waals surface area contributed by atoms with Crippen LogP contribution in [0.3, 0.4) is 0 Å². The predicted octanol–water partition coefficient (Wildman–Crippen LogP) is 1.67. The van der Waals surface area contributed by atoms with E-state index in [1.165, 1.54) is 4.90 Å². The molecule has 4 rings (SSSR count). The zero-order valence-corrected chi connectivity index (χ0v) is 17.8. The lowest BCUT2D eigenvalue weighted by Crippen LogP contribution is -2.54. The van der Waals surface area contributed by atoms with Gasteiger partial charge in [0.2, 0.25) is 11.8 Å². The normalized spacial score (nSPS) is 25.4. The minimum atomic E-state index is -0.991. The molecule has 3 aliphatic rings. The van der Waals surface area contributed by atoms with E-state index in [0.29, 0.717) is 18.2 Å². The van der Waals surface area contributed by atoms with Gasteiger partial charge in [-0.2, -0.15) is 0 Å². The van der Waals surface area contributed by atoms with Crippen LogP contribution in [0.1, 0.15) is 59.2 Å². The van der Waals surface area contributed by atoms with Crippen LogP contribution in [0.25, 0.3) is 0 Å². The van der Waals surface area contributed by atoms with Crippen LogP contribution < -0.4 is 10.6 Å². The number of hydrogen-bond acceptors (Lipinski definition) is 6. The SMILES string of the molecule is CN(C(=O)O)[C@H]1CC[C@H](CNc2cccc3c2C(=O)N(C2CCC(=O)NC2=O)C3=O)CC1. The summed E-state index contributed by atoms with van der Waals surface area (Å²) in [6.45, 7) is 0.597. The van der Waals surface area contributed by atoms with Crippen molar-refractivity contribution in [3.8, 4) is 0 Å². The standard InChI is InChI=1S/C22H26N4O6/c1-25(22(31)32)13-7-5-12(6-8-13)11-23-15-4-2-3-14-18(15)21(30)26(20(14)29)16-9-10-17(27)24-19(16)28/h2-4,12-13,16,23H,5-11H2,1H3,(H,31,32)(H,24,27,28)/t12-,13-,16?. The second-order valence-corrected chi connectivity index (χ2v) is 8.62. The molecule has 10 heteroatoms. The lowest BCUT2D eigenvalue weighted by molar-refractivity contribution is -0.136. The molecule has 1 aromatic carbocycles. The second-order valence-electron chi connectivity index (χ2n) is 8.62. The number of carboxylic acid groups (broad SMARTS) is 1. The third kappa shape index (κ3) is 3.92. The van der Waals surface area contributed by atoms with E-state index in [9.17, 15) is 24.0 Å². The van der Waals surface area contributed by atoms with Crippen molar-refractivity contribution in [2.75, 3.05) is 18.9 Å². The molecule has 2 fully saturated rings. The third-order valence-corrected chi connectivity index (χ3v) is 6.72. The topological polar surface area (TPSA) is 136 Å². The average molecular weight is 442 g/mol. The van der Waals surface area contributed by atoms with E-state index in [2.05, 4.69) is 10.6 Å². The van der Waals surface area contributed by atoms with Crippen molar-refractivity contribution in [3.05, 3.63) is 29.3 Å². The number of imide groups is 2. The molecule has 0 bridgehead atoms. The molecule has 3 N–H and O–H groups in total. The molecule has 1 saturated heterocycles. The zero-order valence-electron chi connectivity index (χ0n) is 17.8. The van der Waals surface area contributed by atoms with Gasteiger partial charge in [-0.05, 0) is 50.2 Å². The Bertz CT molecular complexity index is 985. The Morgan fingerprint density at radius 3 is 2.50 bits per heavy atom. The van der Waals surface area contributed by atoms with Gasteiger partial charge in [-0.3, -0.25) is 29.4 Å². The molecule has 1 aliphatic carbocycles. The van der Waals surface area contributed by atoms with Crippen molar-refractivity contribution in [1.82, 2.24) is 15.1 Å². The van der Waals surface area contributed by atoms with Gasteiger partial charge in [-0.15, -0.1) is 0 Å². The summed E-state index contributed by atoms with van der Waals surface area (Å²) < 4.78 is 0. The Balaban J connectivity index is 1.43. The first-order chi connectivity index (χ1) is 15.3. The summed E-state index contributed by atoms with van der Waals surface area (Å²) in [6.07, 6.45) is 2.56. The van der Waals surface area contributed by atoms with Crippen LogP contribution in [0.2, 0.25) is 0 Å². The minimum absolute atomic E-state index is 0.0194. The maximum Gasteiger partial charge on any atom is 0.407 e. The summed E-state index contributed by atoms with van der Waals surface area (Å²) in [5, 5.41) is 14.6. The molecule has 1 unspecified atom stereocenters. The number of amides is 5. The van der Waals surface area contributed by atoms with Crippen LogP contribution in [0, 0.1) is 5.92 Å². The molecule has 5 amide bonds. The summed E-state index contributed by atoms with van der Waals surface area (Å²) in [6, 6.07) is 4.03. The summed E-state index contributed by atoms with van der Waals surface area (Å²) in [5.74, 6) is -1.78. The fourth-order valence-corrected chi connectivity index (χ4v) is 4.81. The second kappa shape index (κ2) is 8.60. The van der Waals surface area contributed by atoms with E-state index in [-0.39, 0.29) is 30.0 Å². The average Bonchev–Trinajstić information content (AvgIpc) is 3.03. The predicted molar refractivity (Wildman–Crippen MR) is 113 cm³/mol. The van der Waals surface area contributed by atoms with Gasteiger partial charge in [0.05, 0.1) is 11.1 Å². The molecule has 1 atom stereocenters. The van der Waals surface area contributed by atoms with Crippen molar-refractivity contribution in [1.29, 1.82) is 0 Å². The summed E-state index contributed by atoms with van der Waals surface area (Å²) >= 11 is 0. The Hall–Kier alpha value is -3.43. The number of piperidine rings is 1. The first-order valence-electron chi connectivity index (χ1n) is 10.8. The van der Waals surface area contributed by atoms with E-state index >= 15 is 0 Å². The number of fused-ring (bicyclic) bond motifs is 1. The lowest BCUT2D eigenvalue weighted by Gasteiger charge is -2.33. The smallest absolute Gasteiger partial charge is 0.407 e. The van der Waals surface area contributed by atoms with Gasteiger partial charge in [-0.25, -0.2) is 4.79 Å². The molecule has 0 radical (unpaired) electrons. The first-order valence-corrected chi connectivity index (χ1v) is 10.8. The maximum atomic E-state index is 13.1. The molecular formula is C22H26N4O6. The van der Waals surface area contributed by atoms with Crippen LogP contribution in [0.15, 0.2) is 18.2 Å². The third-order valence-electron chi connectivity index (χ3n) is 6.72. The van der Waals surface area contributed by atoms with Gasteiger partial charge in [-0.1, -0.05) is 6.07 Å². The number of nitrogens with zero attached hydrogens (tertiary/aromatic N) is 2. The number of rotatable bonds is 5. The first kappa shape index (κ1) is 21.8. The van der Waals surface area contributed by atoms with E-state index in [1.807, 2.05) is 0 Å². The minimum Gasteiger partial charge on any atom is -0.465 e. The number of nitrogens with one attached hydrogen (secondary N) is 2. The van der Waals surface area contributed by atoms with Crippen LogP contribution >= 0.6 is 0 Å². The molecule has 170 valence electrons. The van der Waals surface area contributed by atoms with Crippen molar-refractivity contribution in [3.63, 3.8) is 0 Å². The molecule has 2 aliphatic heterocycles. The van der Waals surface area contributed by atoms with E-state index < -0.39 is 35.8 Å². The highest BCUT2D eigenvalue weighted by Gasteiger charge is 2.45. The largest absolute Gasteiger partial charge is 0.465 e. The molecule has 0 spiro atoms. The van der Waals surface area contributed by atoms with Gasteiger partial charge in [0.1, 0.15) is 6.04 Å². The van der Waals surface area contributed by atoms with E-state index in [4.69, 9.17) is 5.11 Å². The van der Waals surface area contributed by atoms with Gasteiger partial charge in [0.25, 0.3) is 11.8 Å². The summed E-state index contributed by atoms with van der Waals surface area (Å²) in [7, 11) is 1.59. The Labute approximate surface area is 184 Å². The van der Waals surface area contributed by atoms with Crippen molar-refractivity contribution >= 4 is 35.4 Å². The van der Waals surface area contributed by atoms with Crippen LogP contribution in [0.4, 0.5) is 10.5 Å². The van der Waals surface area contributed by atoms with Gasteiger partial charge < -0.3 is 15.3 Å². The molecule has 2 heterocycles. The maximum absolute atomic E-state index is 13.1. The molecule has 0 aromatic heterocycles. The molecule has 1 aromatic rings. The van der Waals surface area contributed by atoms with Crippen molar-refractivity contribution in [2.24, 2.45) is 5.92 Å². The fraction of sp³-hybridized carbons (Fsp3) is 0.500. The Morgan fingerprint density at radius 1 is 1.12 bits per heavy atom. The fourth-order valence-electron chi connectivity index (χ4n) is 4.81. The lowest BCUT2D eigenvalue weighted by atomic mass is 9.85. The number of hydrogen-bond donors (Lipinski definition) is 3. The summed E-state index contributed by atoms with van der Waals surface area (Å²) in [5.41, 5.74) is 1.04. The number of carbonyl (C=O) groups is 5. The van der Waals surface area contributed by atoms with Crippen LogP contribution in [0.5, 0.6) is 0 Å². The molecule has 10 nitrogen and oxygen atoms in total. The quantitative estimate of drug-likeness (QED) is 0.590. The zero-order chi connectivity index (χ0) is 23.0. The molecular weight excluding hydrogens is 416 g/mol. The van der Waals surface area contributed by atoms with Gasteiger partial charge in [0, 0.05) is 31.7 Å². The summed E-state index contributed by atoms with van der Waals surface area (Å²) in [4.78, 5) is 63.2. The van der Waals surface area contributed by atoms with E-state index in [1.54, 1.807) is 25.2 Å². The number of benzene rings is 1. The highest BCUT2D eigenvalue weighted by Crippen LogP contribution is 2.33. The Kier molecular flexibility index (Phi) is 5.86. The van der Waals surface area contributed by atoms with Crippen molar-refractivity contribution < 1.29 is 29.1 Å². The number of carbonyl (C=O) groups excluding carboxylic acids is 4. The van der Waals surface area contributed by atoms with Crippen molar-refractivity contribution in [2.45, 2.75) is 50.6 Å². The highest BCUT2D eigenvalue weighted by molar-refractivity contribution is 6.25. The van der Waals surface area contributed by atoms with Crippen LogP contribution in [-0.2, 0) is 9.59 Å². The van der Waals surface area contributed by atoms with Gasteiger partial charge >= 0.3 is 6.09 Å².